The molecule has 8 nitrogen and oxygen atoms in total. The molecule has 0 spiro atoms. The number of esters is 1. The van der Waals surface area contributed by atoms with Gasteiger partial charge in [0.25, 0.3) is 5.91 Å². The first-order chi connectivity index (χ1) is 17.0. The summed E-state index contributed by atoms with van der Waals surface area (Å²) in [4.78, 5) is 29.8. The molecule has 4 rings (SSSR count). The third kappa shape index (κ3) is 5.91. The van der Waals surface area contributed by atoms with Gasteiger partial charge in [-0.3, -0.25) is 4.79 Å². The molecule has 0 radical (unpaired) electrons. The van der Waals surface area contributed by atoms with Crippen molar-refractivity contribution in [1.29, 1.82) is 0 Å². The number of carbonyl (C=O) groups is 2. The number of benzene rings is 1. The molecule has 1 aromatic carbocycles. The predicted octanol–water partition coefficient (Wildman–Crippen LogP) is 4.26. The largest absolute Gasteiger partial charge is 0.497 e. The number of carbonyl (C=O) groups excluding carboxylic acids is 2. The molecule has 0 aliphatic carbocycles. The van der Waals surface area contributed by atoms with Gasteiger partial charge in [-0.1, -0.05) is 12.1 Å². The van der Waals surface area contributed by atoms with Crippen LogP contribution in [-0.4, -0.2) is 54.4 Å². The molecular formula is C26H31N3O5S. The number of amides is 1. The van der Waals surface area contributed by atoms with Crippen molar-refractivity contribution < 1.29 is 23.8 Å². The third-order valence-electron chi connectivity index (χ3n) is 6.13. The molecule has 3 heterocycles. The van der Waals surface area contributed by atoms with Gasteiger partial charge in [0, 0.05) is 30.8 Å². The van der Waals surface area contributed by atoms with Crippen LogP contribution in [0.15, 0.2) is 35.7 Å². The average Bonchev–Trinajstić information content (AvgIpc) is 3.62. The highest BCUT2D eigenvalue weighted by molar-refractivity contribution is 7.11. The van der Waals surface area contributed by atoms with Crippen LogP contribution < -0.4 is 10.1 Å². The molecule has 1 aliphatic heterocycles. The summed E-state index contributed by atoms with van der Waals surface area (Å²) in [5.74, 6) is 0.236. The lowest BCUT2D eigenvalue weighted by atomic mass is 10.1. The summed E-state index contributed by atoms with van der Waals surface area (Å²) < 4.78 is 18.1. The maximum Gasteiger partial charge on any atom is 0.367 e. The molecule has 1 aliphatic rings. The van der Waals surface area contributed by atoms with E-state index in [-0.39, 0.29) is 12.0 Å². The molecule has 186 valence electrons. The number of thiazole rings is 1. The lowest BCUT2D eigenvalue weighted by Gasteiger charge is -2.12. The number of hydrogen-bond acceptors (Lipinski definition) is 7. The maximum absolute atomic E-state index is 13.1. The summed E-state index contributed by atoms with van der Waals surface area (Å²) in [6.07, 6.45) is 2.82. The first-order valence-corrected chi connectivity index (χ1v) is 12.7. The van der Waals surface area contributed by atoms with Crippen LogP contribution in [0.5, 0.6) is 5.75 Å². The van der Waals surface area contributed by atoms with E-state index in [1.807, 2.05) is 42.6 Å². The van der Waals surface area contributed by atoms with E-state index >= 15 is 0 Å². The zero-order chi connectivity index (χ0) is 24.8. The fraction of sp³-hybridized carbons (Fsp3) is 0.423. The second-order valence-electron chi connectivity index (χ2n) is 8.38. The Labute approximate surface area is 209 Å². The highest BCUT2D eigenvalue weighted by atomic mass is 32.1. The zero-order valence-electron chi connectivity index (χ0n) is 20.3. The Bertz CT molecular complexity index is 1160. The Hall–Kier alpha value is -3.17. The molecule has 1 amide bonds. The van der Waals surface area contributed by atoms with Gasteiger partial charge in [0.1, 0.15) is 5.75 Å². The summed E-state index contributed by atoms with van der Waals surface area (Å²) in [6.45, 7) is 5.89. The minimum Gasteiger partial charge on any atom is -0.497 e. The number of nitrogens with one attached hydrogen (secondary N) is 1. The summed E-state index contributed by atoms with van der Waals surface area (Å²) in [5.41, 5.74) is 4.04. The van der Waals surface area contributed by atoms with E-state index in [2.05, 4.69) is 14.9 Å². The van der Waals surface area contributed by atoms with Crippen LogP contribution in [0.4, 0.5) is 0 Å². The van der Waals surface area contributed by atoms with E-state index in [9.17, 15) is 9.59 Å². The van der Waals surface area contributed by atoms with Gasteiger partial charge in [0.15, 0.2) is 0 Å². The molecular weight excluding hydrogens is 466 g/mol. The number of ether oxygens (including phenoxy) is 3. The first kappa shape index (κ1) is 24.9. The van der Waals surface area contributed by atoms with Gasteiger partial charge < -0.3 is 24.1 Å². The Morgan fingerprint density at radius 2 is 2.09 bits per heavy atom. The standard InChI is InChI=1S/C26H31N3O5S/c1-4-33-26(31)25-28-22(16-35-25)23-14-21(24(30)27-15-20-6-5-13-34-20)17(2)29(23)12-11-18-7-9-19(32-3)10-8-18/h7-10,14,16,20H,4-6,11-13,15H2,1-3H3,(H,27,30). The predicted molar refractivity (Wildman–Crippen MR) is 134 cm³/mol. The fourth-order valence-corrected chi connectivity index (χ4v) is 4.90. The van der Waals surface area contributed by atoms with Crippen LogP contribution in [0.25, 0.3) is 11.4 Å². The van der Waals surface area contributed by atoms with Crippen molar-refractivity contribution in [3.05, 3.63) is 57.5 Å². The van der Waals surface area contributed by atoms with Gasteiger partial charge in [-0.25, -0.2) is 9.78 Å². The quantitative estimate of drug-likeness (QED) is 0.421. The Morgan fingerprint density at radius 1 is 1.29 bits per heavy atom. The molecule has 0 bridgehead atoms. The van der Waals surface area contributed by atoms with E-state index in [0.29, 0.717) is 36.0 Å². The molecule has 35 heavy (non-hydrogen) atoms. The molecule has 1 N–H and O–H groups in total. The fourth-order valence-electron chi connectivity index (χ4n) is 4.19. The molecule has 0 saturated carbocycles. The molecule has 9 heteroatoms. The molecule has 1 unspecified atom stereocenters. The Morgan fingerprint density at radius 3 is 2.77 bits per heavy atom. The Kier molecular flexibility index (Phi) is 8.20. The minimum atomic E-state index is -0.439. The summed E-state index contributed by atoms with van der Waals surface area (Å²) in [6, 6.07) is 9.81. The monoisotopic (exact) mass is 497 g/mol. The molecule has 3 aromatic rings. The van der Waals surface area contributed by atoms with Gasteiger partial charge in [-0.15, -0.1) is 11.3 Å². The first-order valence-electron chi connectivity index (χ1n) is 11.9. The summed E-state index contributed by atoms with van der Waals surface area (Å²) >= 11 is 1.24. The zero-order valence-corrected chi connectivity index (χ0v) is 21.2. The summed E-state index contributed by atoms with van der Waals surface area (Å²) in [7, 11) is 1.65. The van der Waals surface area contributed by atoms with Gasteiger partial charge in [-0.05, 0) is 56.9 Å². The minimum absolute atomic E-state index is 0.0709. The van der Waals surface area contributed by atoms with Crippen LogP contribution in [0, 0.1) is 6.92 Å². The van der Waals surface area contributed by atoms with Gasteiger partial charge in [0.2, 0.25) is 5.01 Å². The van der Waals surface area contributed by atoms with Crippen molar-refractivity contribution in [2.75, 3.05) is 26.9 Å². The number of aryl methyl sites for hydroxylation is 1. The van der Waals surface area contributed by atoms with Crippen molar-refractivity contribution in [1.82, 2.24) is 14.9 Å². The van der Waals surface area contributed by atoms with Crippen LogP contribution in [0.2, 0.25) is 0 Å². The molecule has 2 aromatic heterocycles. The smallest absolute Gasteiger partial charge is 0.367 e. The van der Waals surface area contributed by atoms with E-state index in [0.717, 1.165) is 48.6 Å². The highest BCUT2D eigenvalue weighted by Gasteiger charge is 2.23. The Balaban J connectivity index is 1.59. The van der Waals surface area contributed by atoms with Crippen LogP contribution in [0.3, 0.4) is 0 Å². The second kappa shape index (κ2) is 11.5. The van der Waals surface area contributed by atoms with Crippen molar-refractivity contribution in [3.63, 3.8) is 0 Å². The lowest BCUT2D eigenvalue weighted by molar-refractivity contribution is 0.0526. The van der Waals surface area contributed by atoms with E-state index in [1.165, 1.54) is 11.3 Å². The number of rotatable bonds is 10. The number of methoxy groups -OCH3 is 1. The average molecular weight is 498 g/mol. The van der Waals surface area contributed by atoms with E-state index in [4.69, 9.17) is 14.2 Å². The van der Waals surface area contributed by atoms with Gasteiger partial charge in [-0.2, -0.15) is 0 Å². The molecule has 1 saturated heterocycles. The van der Waals surface area contributed by atoms with Gasteiger partial charge >= 0.3 is 5.97 Å². The van der Waals surface area contributed by atoms with Crippen molar-refractivity contribution in [2.24, 2.45) is 0 Å². The van der Waals surface area contributed by atoms with Gasteiger partial charge in [0.05, 0.1) is 36.8 Å². The van der Waals surface area contributed by atoms with E-state index < -0.39 is 5.97 Å². The third-order valence-corrected chi connectivity index (χ3v) is 6.95. The van der Waals surface area contributed by atoms with Crippen molar-refractivity contribution >= 4 is 23.2 Å². The second-order valence-corrected chi connectivity index (χ2v) is 9.24. The summed E-state index contributed by atoms with van der Waals surface area (Å²) in [5, 5.41) is 5.15. The van der Waals surface area contributed by atoms with Crippen LogP contribution >= 0.6 is 11.3 Å². The lowest BCUT2D eigenvalue weighted by Crippen LogP contribution is -2.32. The van der Waals surface area contributed by atoms with Crippen molar-refractivity contribution in [2.45, 2.75) is 45.8 Å². The van der Waals surface area contributed by atoms with E-state index in [1.54, 1.807) is 14.0 Å². The topological polar surface area (TPSA) is 91.7 Å². The maximum atomic E-state index is 13.1. The SMILES string of the molecule is CCOC(=O)c1nc(-c2cc(C(=O)NCC3CCCO3)c(C)n2CCc2ccc(OC)cc2)cs1. The number of aromatic nitrogens is 2. The molecule has 1 atom stereocenters. The number of hydrogen-bond donors (Lipinski definition) is 1. The van der Waals surface area contributed by atoms with Crippen LogP contribution in [0.1, 0.15) is 51.2 Å². The highest BCUT2D eigenvalue weighted by Crippen LogP contribution is 2.28. The molecule has 1 fully saturated rings. The normalized spacial score (nSPS) is 15.2. The number of nitrogens with zero attached hydrogens (tertiary/aromatic N) is 2. The van der Waals surface area contributed by atoms with Crippen molar-refractivity contribution in [3.8, 4) is 17.1 Å². The van der Waals surface area contributed by atoms with Crippen LogP contribution in [-0.2, 0) is 22.4 Å².